The molecule has 2 aliphatic heterocycles. The van der Waals surface area contributed by atoms with Crippen LogP contribution in [-0.2, 0) is 24.8 Å². The van der Waals surface area contributed by atoms with E-state index in [9.17, 15) is 21.6 Å². The topological polar surface area (TPSA) is 253 Å². The Morgan fingerprint density at radius 3 is 1.43 bits per heavy atom. The molecule has 10 aromatic rings. The van der Waals surface area contributed by atoms with E-state index in [1.165, 1.54) is 30.7 Å². The zero-order chi connectivity index (χ0) is 53.3. The summed E-state index contributed by atoms with van der Waals surface area (Å²) in [5.41, 5.74) is 4.28. The number of hydrogen-bond acceptors (Lipinski definition) is 19. The standard InChI is InChI=1S/C29H30N8O4S.C24H22N8O2S/c1-29(2,3)41-28(38)36-16-14-35(15-17-36)23-11-9-22(10-12-23)33-27-31-18-21-19-32-37(26(21)34-27)42(39,40)24-8-4-6-20-7-5-13-30-25(20)24;33-35(34,21-5-1-3-17-4-2-10-26-22(17)21)32-23-18(16-28-32)15-27-24(30-23)29-19-6-8-20(9-7-19)31-13-11-25-12-14-31/h4-13,18-19H,14-17H2,1-3H3,(H,31,33,34);1-10,15-16,25H,11-14H2,(H,27,29,30). The Labute approximate surface area is 442 Å². The van der Waals surface area contributed by atoms with Crippen LogP contribution in [0.5, 0.6) is 0 Å². The maximum Gasteiger partial charge on any atom is 0.410 e. The molecule has 24 heteroatoms. The van der Waals surface area contributed by atoms with Gasteiger partial charge in [0, 0.05) is 111 Å². The minimum absolute atomic E-state index is 0.0428. The Morgan fingerprint density at radius 2 is 0.974 bits per heavy atom. The number of piperazine rings is 2. The summed E-state index contributed by atoms with van der Waals surface area (Å²) in [6.07, 6.45) is 8.79. The maximum absolute atomic E-state index is 13.6. The summed E-state index contributed by atoms with van der Waals surface area (Å²) in [6, 6.07) is 33.0. The summed E-state index contributed by atoms with van der Waals surface area (Å²) in [4.78, 5) is 44.9. The first-order valence-corrected chi connectivity index (χ1v) is 27.6. The molecule has 22 nitrogen and oxygen atoms in total. The number of nitrogens with zero attached hydrogens (tertiary/aromatic N) is 13. The third kappa shape index (κ3) is 10.6. The van der Waals surface area contributed by atoms with E-state index in [1.807, 2.05) is 81.4 Å². The fourth-order valence-electron chi connectivity index (χ4n) is 8.98. The predicted molar refractivity (Wildman–Crippen MR) is 294 cm³/mol. The van der Waals surface area contributed by atoms with E-state index in [-0.39, 0.29) is 39.1 Å². The van der Waals surface area contributed by atoms with Crippen molar-refractivity contribution >= 4 is 105 Å². The normalized spacial score (nSPS) is 14.4. The van der Waals surface area contributed by atoms with Gasteiger partial charge >= 0.3 is 6.09 Å². The molecule has 0 bridgehead atoms. The van der Waals surface area contributed by atoms with Crippen molar-refractivity contribution in [1.82, 2.24) is 58.5 Å². The molecule has 4 aromatic carbocycles. The summed E-state index contributed by atoms with van der Waals surface area (Å²) in [5, 5.41) is 20.3. The van der Waals surface area contributed by atoms with Crippen LogP contribution in [0, 0.1) is 0 Å². The number of pyridine rings is 2. The Bertz CT molecular complexity index is 4020. The minimum Gasteiger partial charge on any atom is -0.444 e. The van der Waals surface area contributed by atoms with Gasteiger partial charge in [0.2, 0.25) is 11.9 Å². The van der Waals surface area contributed by atoms with Gasteiger partial charge < -0.3 is 35.4 Å². The van der Waals surface area contributed by atoms with Gasteiger partial charge in [-0.05, 0) is 93.6 Å². The Balaban J connectivity index is 0.000000166. The number of rotatable bonds is 10. The predicted octanol–water partition coefficient (Wildman–Crippen LogP) is 7.18. The van der Waals surface area contributed by atoms with Crippen molar-refractivity contribution in [3.05, 3.63) is 146 Å². The van der Waals surface area contributed by atoms with E-state index in [4.69, 9.17) is 4.74 Å². The molecule has 2 saturated heterocycles. The number of anilines is 6. The molecular weight excluding hydrogens is 1020 g/mol. The quantitative estimate of drug-likeness (QED) is 0.123. The second-order valence-corrected chi connectivity index (χ2v) is 22.6. The fraction of sp³-hybridized carbons (Fsp3) is 0.226. The van der Waals surface area contributed by atoms with E-state index in [1.54, 1.807) is 47.8 Å². The molecule has 2 aliphatic rings. The number of aromatic nitrogens is 10. The van der Waals surface area contributed by atoms with E-state index in [0.717, 1.165) is 62.5 Å². The van der Waals surface area contributed by atoms with Gasteiger partial charge in [-0.3, -0.25) is 9.97 Å². The summed E-state index contributed by atoms with van der Waals surface area (Å²) in [6.45, 7) is 12.0. The third-order valence-electron chi connectivity index (χ3n) is 12.8. The van der Waals surface area contributed by atoms with Crippen molar-refractivity contribution in [2.75, 3.05) is 72.8 Å². The summed E-state index contributed by atoms with van der Waals surface area (Å²) < 4.78 is 61.7. The number of amides is 1. The first-order chi connectivity index (χ1) is 37.2. The third-order valence-corrected chi connectivity index (χ3v) is 16.0. The van der Waals surface area contributed by atoms with Gasteiger partial charge in [-0.15, -0.1) is 8.17 Å². The van der Waals surface area contributed by atoms with Crippen LogP contribution in [0.25, 0.3) is 43.9 Å². The van der Waals surface area contributed by atoms with Gasteiger partial charge in [-0.1, -0.05) is 36.4 Å². The number of ether oxygens (including phenoxy) is 1. The summed E-state index contributed by atoms with van der Waals surface area (Å²) >= 11 is 0. The van der Waals surface area contributed by atoms with Crippen LogP contribution in [-0.4, -0.2) is 134 Å². The zero-order valence-corrected chi connectivity index (χ0v) is 43.7. The minimum atomic E-state index is -4.09. The Morgan fingerprint density at radius 1 is 0.532 bits per heavy atom. The molecule has 0 saturated carbocycles. The van der Waals surface area contributed by atoms with Crippen molar-refractivity contribution < 1.29 is 26.4 Å². The van der Waals surface area contributed by atoms with E-state index in [2.05, 4.69) is 78.0 Å². The van der Waals surface area contributed by atoms with Crippen molar-refractivity contribution in [3.8, 4) is 0 Å². The van der Waals surface area contributed by atoms with Crippen LogP contribution < -0.4 is 25.8 Å². The average molecular weight is 1070 g/mol. The first-order valence-electron chi connectivity index (χ1n) is 24.7. The molecule has 8 heterocycles. The van der Waals surface area contributed by atoms with Crippen molar-refractivity contribution in [2.24, 2.45) is 0 Å². The van der Waals surface area contributed by atoms with Gasteiger partial charge in [-0.2, -0.15) is 37.0 Å². The van der Waals surface area contributed by atoms with Crippen molar-refractivity contribution in [3.63, 3.8) is 0 Å². The summed E-state index contributed by atoms with van der Waals surface area (Å²) in [7, 11) is -8.13. The molecule has 0 atom stereocenters. The van der Waals surface area contributed by atoms with Gasteiger partial charge in [-0.25, -0.2) is 14.8 Å². The molecular formula is C53H52N16O6S2. The molecule has 392 valence electrons. The van der Waals surface area contributed by atoms with Crippen LogP contribution in [0.1, 0.15) is 20.8 Å². The van der Waals surface area contributed by atoms with Crippen molar-refractivity contribution in [1.29, 1.82) is 0 Å². The lowest BCUT2D eigenvalue weighted by atomic mass is 10.2. The number of fused-ring (bicyclic) bond motifs is 4. The summed E-state index contributed by atoms with van der Waals surface area (Å²) in [5.74, 6) is 0.509. The molecule has 6 aromatic heterocycles. The van der Waals surface area contributed by atoms with Crippen LogP contribution in [0.4, 0.5) is 39.4 Å². The Kier molecular flexibility index (Phi) is 13.5. The first kappa shape index (κ1) is 50.3. The zero-order valence-electron chi connectivity index (χ0n) is 42.1. The van der Waals surface area contributed by atoms with E-state index in [0.29, 0.717) is 53.4 Å². The van der Waals surface area contributed by atoms with Crippen molar-refractivity contribution in [2.45, 2.75) is 36.2 Å². The molecule has 0 spiro atoms. The lowest BCUT2D eigenvalue weighted by molar-refractivity contribution is 0.0240. The number of benzene rings is 4. The Hall–Kier alpha value is -8.87. The monoisotopic (exact) mass is 1070 g/mol. The highest BCUT2D eigenvalue weighted by molar-refractivity contribution is 7.90. The molecule has 12 rings (SSSR count). The number of nitrogens with one attached hydrogen (secondary N) is 3. The second-order valence-electron chi connectivity index (χ2n) is 19.1. The molecule has 3 N–H and O–H groups in total. The highest BCUT2D eigenvalue weighted by Crippen LogP contribution is 2.29. The smallest absolute Gasteiger partial charge is 0.410 e. The maximum atomic E-state index is 13.6. The molecule has 0 radical (unpaired) electrons. The van der Waals surface area contributed by atoms with Crippen LogP contribution in [0.15, 0.2) is 156 Å². The second kappa shape index (κ2) is 20.7. The largest absolute Gasteiger partial charge is 0.444 e. The fourth-order valence-corrected chi connectivity index (χ4v) is 11.8. The number of hydrogen-bond donors (Lipinski definition) is 3. The molecule has 77 heavy (non-hydrogen) atoms. The SMILES string of the molecule is CC(C)(C)OC(=O)N1CCN(c2ccc(Nc3ncc4cnn(S(=O)(=O)c5cccc6cccnc56)c4n3)cc2)CC1.O=S(=O)(c1cccc2cccnc12)n1ncc2cnc(Nc3ccc(N4CCNCC4)cc3)nc21. The molecule has 1 amide bonds. The highest BCUT2D eigenvalue weighted by atomic mass is 32.2. The van der Waals surface area contributed by atoms with Gasteiger partial charge in [0.05, 0.1) is 34.2 Å². The van der Waals surface area contributed by atoms with Gasteiger partial charge in [0.15, 0.2) is 11.3 Å². The van der Waals surface area contributed by atoms with Gasteiger partial charge in [0.1, 0.15) is 15.4 Å². The lowest BCUT2D eigenvalue weighted by Crippen LogP contribution is -2.50. The number of carbonyl (C=O) groups excluding carboxylic acids is 1. The highest BCUT2D eigenvalue weighted by Gasteiger charge is 2.28. The number of carbonyl (C=O) groups is 1. The van der Waals surface area contributed by atoms with Gasteiger partial charge in [0.25, 0.3) is 20.0 Å². The van der Waals surface area contributed by atoms with Crippen LogP contribution in [0.2, 0.25) is 0 Å². The molecule has 0 unspecified atom stereocenters. The number of para-hydroxylation sites is 2. The van der Waals surface area contributed by atoms with E-state index < -0.39 is 25.6 Å². The molecule has 0 aliphatic carbocycles. The average Bonchev–Trinajstić information content (AvgIpc) is 4.21. The van der Waals surface area contributed by atoms with E-state index >= 15 is 0 Å². The lowest BCUT2D eigenvalue weighted by Gasteiger charge is -2.36. The van der Waals surface area contributed by atoms with Crippen LogP contribution >= 0.6 is 0 Å². The van der Waals surface area contributed by atoms with Crippen LogP contribution in [0.3, 0.4) is 0 Å². The molecule has 2 fully saturated rings.